The summed E-state index contributed by atoms with van der Waals surface area (Å²) in [7, 11) is 0. The fourth-order valence-corrected chi connectivity index (χ4v) is 4.32. The zero-order valence-electron chi connectivity index (χ0n) is 19.1. The van der Waals surface area contributed by atoms with E-state index in [0.29, 0.717) is 13.2 Å². The fourth-order valence-electron chi connectivity index (χ4n) is 4.32. The molecule has 0 aliphatic heterocycles. The predicted molar refractivity (Wildman–Crippen MR) is 141 cm³/mol. The normalized spacial score (nSPS) is 10.9. The summed E-state index contributed by atoms with van der Waals surface area (Å²) in [6, 6.07) is 35.9. The first kappa shape index (κ1) is 21.5. The molecule has 0 fully saturated rings. The van der Waals surface area contributed by atoms with E-state index in [1.165, 1.54) is 0 Å². The number of ether oxygens (including phenoxy) is 1. The fraction of sp³-hybridized carbons (Fsp3) is 0.100. The highest BCUT2D eigenvalue weighted by molar-refractivity contribution is 6.05. The van der Waals surface area contributed by atoms with Gasteiger partial charge in [0.25, 0.3) is 0 Å². The van der Waals surface area contributed by atoms with Crippen molar-refractivity contribution in [2.75, 3.05) is 16.8 Å². The molecule has 2 amide bonds. The molecule has 168 valence electrons. The van der Waals surface area contributed by atoms with Crippen LogP contribution in [0.5, 0.6) is 5.75 Å². The average Bonchev–Trinajstić information content (AvgIpc) is 2.88. The number of benzene rings is 5. The molecule has 0 spiro atoms. The van der Waals surface area contributed by atoms with Crippen LogP contribution < -0.4 is 15.0 Å². The van der Waals surface area contributed by atoms with Crippen molar-refractivity contribution < 1.29 is 9.53 Å². The highest BCUT2D eigenvalue weighted by Gasteiger charge is 2.19. The summed E-state index contributed by atoms with van der Waals surface area (Å²) in [5, 5.41) is 7.66. The van der Waals surface area contributed by atoms with E-state index in [-0.39, 0.29) is 6.03 Å². The Bertz CT molecular complexity index is 1380. The molecular formula is C30H26N2O2. The second kappa shape index (κ2) is 9.67. The highest BCUT2D eigenvalue weighted by atomic mass is 16.5. The van der Waals surface area contributed by atoms with Gasteiger partial charge in [-0.25, -0.2) is 4.79 Å². The lowest BCUT2D eigenvalue weighted by Gasteiger charge is -2.25. The third kappa shape index (κ3) is 4.44. The minimum absolute atomic E-state index is 0.188. The molecule has 5 aromatic carbocycles. The van der Waals surface area contributed by atoms with Crippen LogP contribution in [0, 0.1) is 0 Å². The Balaban J connectivity index is 1.60. The second-order valence-electron chi connectivity index (χ2n) is 8.11. The Morgan fingerprint density at radius 1 is 0.765 bits per heavy atom. The van der Waals surface area contributed by atoms with Crippen LogP contribution in [0.2, 0.25) is 0 Å². The number of anilines is 2. The number of hydrogen-bond donors (Lipinski definition) is 1. The van der Waals surface area contributed by atoms with Crippen LogP contribution in [0.15, 0.2) is 109 Å². The van der Waals surface area contributed by atoms with Crippen LogP contribution in [0.3, 0.4) is 0 Å². The number of urea groups is 1. The summed E-state index contributed by atoms with van der Waals surface area (Å²) in [6.45, 7) is 2.98. The van der Waals surface area contributed by atoms with E-state index in [1.807, 2.05) is 85.8 Å². The highest BCUT2D eigenvalue weighted by Crippen LogP contribution is 2.31. The van der Waals surface area contributed by atoms with Crippen LogP contribution in [-0.4, -0.2) is 12.6 Å². The van der Waals surface area contributed by atoms with Gasteiger partial charge in [-0.2, -0.15) is 0 Å². The largest absolute Gasteiger partial charge is 0.494 e. The Kier molecular flexibility index (Phi) is 6.13. The van der Waals surface area contributed by atoms with E-state index in [2.05, 4.69) is 35.6 Å². The summed E-state index contributed by atoms with van der Waals surface area (Å²) >= 11 is 0. The smallest absolute Gasteiger partial charge is 0.326 e. The maximum atomic E-state index is 13.6. The molecule has 1 N–H and O–H groups in total. The zero-order chi connectivity index (χ0) is 23.3. The maximum absolute atomic E-state index is 13.6. The van der Waals surface area contributed by atoms with Crippen molar-refractivity contribution in [3.05, 3.63) is 115 Å². The Morgan fingerprint density at radius 2 is 1.35 bits per heavy atom. The molecule has 0 bridgehead atoms. The Morgan fingerprint density at radius 3 is 1.97 bits per heavy atom. The van der Waals surface area contributed by atoms with E-state index in [1.54, 1.807) is 4.90 Å². The predicted octanol–water partition coefficient (Wildman–Crippen LogP) is 7.63. The quantitative estimate of drug-likeness (QED) is 0.272. The topological polar surface area (TPSA) is 41.6 Å². The van der Waals surface area contributed by atoms with Gasteiger partial charge in [0, 0.05) is 11.4 Å². The van der Waals surface area contributed by atoms with E-state index < -0.39 is 0 Å². The zero-order valence-corrected chi connectivity index (χ0v) is 19.1. The molecule has 0 aliphatic carbocycles. The van der Waals surface area contributed by atoms with Crippen LogP contribution in [0.1, 0.15) is 12.5 Å². The first-order valence-corrected chi connectivity index (χ1v) is 11.5. The van der Waals surface area contributed by atoms with Gasteiger partial charge in [0.1, 0.15) is 5.75 Å². The molecule has 0 atom stereocenters. The standard InChI is InChI=1S/C30H26N2O2/c1-2-34-26-18-16-25(17-19-26)32(30(33)31-24-12-4-3-5-13-24)21-29-27-14-8-6-10-22(27)20-23-11-7-9-15-28(23)29/h3-20H,2,21H2,1H3,(H,31,33). The van der Waals surface area contributed by atoms with Crippen molar-refractivity contribution in [3.8, 4) is 5.75 Å². The van der Waals surface area contributed by atoms with Crippen molar-refractivity contribution in [2.24, 2.45) is 0 Å². The van der Waals surface area contributed by atoms with Crippen molar-refractivity contribution in [1.29, 1.82) is 0 Å². The van der Waals surface area contributed by atoms with E-state index in [9.17, 15) is 4.79 Å². The average molecular weight is 447 g/mol. The number of carbonyl (C=O) groups excluding carboxylic acids is 1. The second-order valence-corrected chi connectivity index (χ2v) is 8.11. The lowest BCUT2D eigenvalue weighted by atomic mass is 9.96. The number of rotatable bonds is 6. The summed E-state index contributed by atoms with van der Waals surface area (Å²) in [5.74, 6) is 0.783. The van der Waals surface area contributed by atoms with Crippen molar-refractivity contribution in [2.45, 2.75) is 13.5 Å². The van der Waals surface area contributed by atoms with Crippen molar-refractivity contribution in [3.63, 3.8) is 0 Å². The molecule has 5 aromatic rings. The molecule has 0 heterocycles. The minimum atomic E-state index is -0.188. The number of nitrogens with zero attached hydrogens (tertiary/aromatic N) is 1. The van der Waals surface area contributed by atoms with Crippen molar-refractivity contribution in [1.82, 2.24) is 0 Å². The number of fused-ring (bicyclic) bond motifs is 2. The van der Waals surface area contributed by atoms with Gasteiger partial charge in [0.15, 0.2) is 0 Å². The maximum Gasteiger partial charge on any atom is 0.326 e. The molecular weight excluding hydrogens is 420 g/mol. The Labute approximate surface area is 199 Å². The lowest BCUT2D eigenvalue weighted by Crippen LogP contribution is -2.34. The van der Waals surface area contributed by atoms with Gasteiger partial charge in [-0.3, -0.25) is 4.90 Å². The Hall–Kier alpha value is -4.31. The molecule has 4 nitrogen and oxygen atoms in total. The minimum Gasteiger partial charge on any atom is -0.494 e. The summed E-state index contributed by atoms with van der Waals surface area (Å²) < 4.78 is 5.61. The molecule has 5 rings (SSSR count). The molecule has 0 saturated carbocycles. The van der Waals surface area contributed by atoms with Gasteiger partial charge >= 0.3 is 6.03 Å². The lowest BCUT2D eigenvalue weighted by molar-refractivity contribution is 0.256. The van der Waals surface area contributed by atoms with Crippen LogP contribution in [-0.2, 0) is 6.54 Å². The van der Waals surface area contributed by atoms with Gasteiger partial charge in [-0.1, -0.05) is 66.7 Å². The van der Waals surface area contributed by atoms with E-state index >= 15 is 0 Å². The third-order valence-electron chi connectivity index (χ3n) is 5.93. The number of carbonyl (C=O) groups is 1. The third-order valence-corrected chi connectivity index (χ3v) is 5.93. The summed E-state index contributed by atoms with van der Waals surface area (Å²) in [5.41, 5.74) is 2.67. The number of para-hydroxylation sites is 1. The van der Waals surface area contributed by atoms with Gasteiger partial charge in [-0.05, 0) is 76.5 Å². The van der Waals surface area contributed by atoms with Gasteiger partial charge < -0.3 is 10.1 Å². The molecule has 4 heteroatoms. The van der Waals surface area contributed by atoms with Crippen LogP contribution in [0.25, 0.3) is 21.5 Å². The van der Waals surface area contributed by atoms with Crippen LogP contribution in [0.4, 0.5) is 16.2 Å². The number of hydrogen-bond acceptors (Lipinski definition) is 2. The van der Waals surface area contributed by atoms with Gasteiger partial charge in [-0.15, -0.1) is 0 Å². The molecule has 0 radical (unpaired) electrons. The summed E-state index contributed by atoms with van der Waals surface area (Å²) in [6.07, 6.45) is 0. The molecule has 0 aromatic heterocycles. The molecule has 0 aliphatic rings. The number of amides is 2. The van der Waals surface area contributed by atoms with E-state index in [0.717, 1.165) is 44.2 Å². The SMILES string of the molecule is CCOc1ccc(N(Cc2c3ccccc3cc3ccccc23)C(=O)Nc2ccccc2)cc1. The molecule has 0 saturated heterocycles. The molecule has 0 unspecified atom stereocenters. The van der Waals surface area contributed by atoms with Gasteiger partial charge in [0.05, 0.1) is 13.2 Å². The summed E-state index contributed by atoms with van der Waals surface area (Å²) in [4.78, 5) is 15.4. The first-order chi connectivity index (χ1) is 16.7. The monoisotopic (exact) mass is 446 g/mol. The van der Waals surface area contributed by atoms with Gasteiger partial charge in [0.2, 0.25) is 0 Å². The van der Waals surface area contributed by atoms with Crippen LogP contribution >= 0.6 is 0 Å². The molecule has 34 heavy (non-hydrogen) atoms. The van der Waals surface area contributed by atoms with Crippen molar-refractivity contribution >= 4 is 39.0 Å². The number of nitrogens with one attached hydrogen (secondary N) is 1. The first-order valence-electron chi connectivity index (χ1n) is 11.5. The van der Waals surface area contributed by atoms with E-state index in [4.69, 9.17) is 4.74 Å².